The zero-order chi connectivity index (χ0) is 16.4. The average molecular weight is 325 g/mol. The van der Waals surface area contributed by atoms with E-state index in [0.717, 1.165) is 12.0 Å². The van der Waals surface area contributed by atoms with E-state index in [0.29, 0.717) is 24.6 Å². The van der Waals surface area contributed by atoms with Crippen molar-refractivity contribution in [3.63, 3.8) is 0 Å². The Morgan fingerprint density at radius 3 is 2.59 bits per heavy atom. The van der Waals surface area contributed by atoms with Gasteiger partial charge >= 0.3 is 0 Å². The van der Waals surface area contributed by atoms with Crippen molar-refractivity contribution < 1.29 is 9.53 Å². The smallest absolute Gasteiger partial charge is 0.240 e. The Balaban J connectivity index is 1.86. The number of carbonyl (C=O) groups excluding carboxylic acids is 1. The Kier molecular flexibility index (Phi) is 5.15. The summed E-state index contributed by atoms with van der Waals surface area (Å²) in [7, 11) is 0. The molecule has 22 heavy (non-hydrogen) atoms. The van der Waals surface area contributed by atoms with Crippen LogP contribution in [0.5, 0.6) is 0 Å². The highest BCUT2D eigenvalue weighted by Gasteiger charge is 2.62. The number of benzene rings is 1. The first-order valence-corrected chi connectivity index (χ1v) is 8.12. The van der Waals surface area contributed by atoms with Gasteiger partial charge in [-0.05, 0) is 31.0 Å². The molecular formula is C17H25ClN2O2. The maximum absolute atomic E-state index is 12.4. The molecule has 2 rings (SSSR count). The molecule has 1 aliphatic carbocycles. The highest BCUT2D eigenvalue weighted by atomic mass is 35.5. The molecule has 2 unspecified atom stereocenters. The Labute approximate surface area is 137 Å². The molecule has 1 amide bonds. The van der Waals surface area contributed by atoms with E-state index >= 15 is 0 Å². The van der Waals surface area contributed by atoms with Gasteiger partial charge < -0.3 is 15.8 Å². The van der Waals surface area contributed by atoms with Crippen LogP contribution in [0.3, 0.4) is 0 Å². The second kappa shape index (κ2) is 6.57. The van der Waals surface area contributed by atoms with Gasteiger partial charge in [-0.1, -0.05) is 37.6 Å². The lowest BCUT2D eigenvalue weighted by Crippen LogP contribution is -2.75. The molecule has 1 aromatic carbocycles. The van der Waals surface area contributed by atoms with Gasteiger partial charge in [0.2, 0.25) is 5.91 Å². The Hall–Kier alpha value is -1.10. The van der Waals surface area contributed by atoms with Crippen LogP contribution in [0.25, 0.3) is 0 Å². The fourth-order valence-corrected chi connectivity index (χ4v) is 3.08. The summed E-state index contributed by atoms with van der Waals surface area (Å²) < 4.78 is 5.65. The minimum Gasteiger partial charge on any atom is -0.378 e. The van der Waals surface area contributed by atoms with Gasteiger partial charge in [0, 0.05) is 30.0 Å². The molecule has 3 N–H and O–H groups in total. The van der Waals surface area contributed by atoms with Gasteiger partial charge in [-0.2, -0.15) is 0 Å². The molecule has 0 bridgehead atoms. The van der Waals surface area contributed by atoms with Gasteiger partial charge in [-0.3, -0.25) is 4.79 Å². The van der Waals surface area contributed by atoms with E-state index in [1.807, 2.05) is 45.0 Å². The van der Waals surface area contributed by atoms with Crippen molar-refractivity contribution in [2.24, 2.45) is 11.1 Å². The zero-order valence-corrected chi connectivity index (χ0v) is 14.2. The summed E-state index contributed by atoms with van der Waals surface area (Å²) in [6, 6.07) is 7.63. The molecule has 5 heteroatoms. The van der Waals surface area contributed by atoms with Crippen LogP contribution >= 0.6 is 11.6 Å². The van der Waals surface area contributed by atoms with E-state index in [2.05, 4.69) is 5.32 Å². The molecule has 0 heterocycles. The van der Waals surface area contributed by atoms with Crippen LogP contribution in [0.1, 0.15) is 32.8 Å². The zero-order valence-electron chi connectivity index (χ0n) is 13.5. The van der Waals surface area contributed by atoms with Crippen LogP contribution in [-0.2, 0) is 16.0 Å². The van der Waals surface area contributed by atoms with Crippen molar-refractivity contribution in [2.45, 2.75) is 45.3 Å². The number of hydrogen-bond donors (Lipinski definition) is 2. The molecule has 1 aromatic rings. The highest BCUT2D eigenvalue weighted by molar-refractivity contribution is 6.30. The molecule has 4 nitrogen and oxygen atoms in total. The lowest BCUT2D eigenvalue weighted by molar-refractivity contribution is -0.170. The minimum absolute atomic E-state index is 0.0458. The van der Waals surface area contributed by atoms with Crippen LogP contribution in [0.15, 0.2) is 24.3 Å². The minimum atomic E-state index is -0.854. The predicted molar refractivity (Wildman–Crippen MR) is 88.9 cm³/mol. The number of hydrogen-bond acceptors (Lipinski definition) is 3. The van der Waals surface area contributed by atoms with Crippen LogP contribution in [-0.4, -0.2) is 30.7 Å². The summed E-state index contributed by atoms with van der Waals surface area (Å²) in [6.07, 6.45) is 1.37. The topological polar surface area (TPSA) is 64.3 Å². The third-order valence-electron chi connectivity index (χ3n) is 4.85. The number of carbonyl (C=O) groups is 1. The SMILES string of the molecule is CCOC1CC(N)(C(=O)NCCc2ccc(Cl)cc2)C1(C)C. The largest absolute Gasteiger partial charge is 0.378 e. The predicted octanol–water partition coefficient (Wildman–Crippen LogP) is 2.53. The number of rotatable bonds is 6. The van der Waals surface area contributed by atoms with Crippen LogP contribution < -0.4 is 11.1 Å². The second-order valence-electron chi connectivity index (χ2n) is 6.47. The lowest BCUT2D eigenvalue weighted by atomic mass is 9.54. The second-order valence-corrected chi connectivity index (χ2v) is 6.91. The van der Waals surface area contributed by atoms with Crippen molar-refractivity contribution in [1.82, 2.24) is 5.32 Å². The molecule has 1 aliphatic rings. The van der Waals surface area contributed by atoms with Crippen LogP contribution in [0, 0.1) is 5.41 Å². The summed E-state index contributed by atoms with van der Waals surface area (Å²) in [6.45, 7) is 7.15. The molecule has 0 aliphatic heterocycles. The van der Waals surface area contributed by atoms with Gasteiger partial charge in [0.1, 0.15) is 5.54 Å². The summed E-state index contributed by atoms with van der Waals surface area (Å²) in [5, 5.41) is 3.67. The van der Waals surface area contributed by atoms with Crippen LogP contribution in [0.2, 0.25) is 5.02 Å². The van der Waals surface area contributed by atoms with E-state index in [4.69, 9.17) is 22.1 Å². The summed E-state index contributed by atoms with van der Waals surface area (Å²) in [5.74, 6) is -0.0950. The third kappa shape index (κ3) is 3.14. The molecule has 0 spiro atoms. The number of amides is 1. The molecule has 122 valence electrons. The molecule has 0 aromatic heterocycles. The van der Waals surface area contributed by atoms with Crippen molar-refractivity contribution in [1.29, 1.82) is 0 Å². The van der Waals surface area contributed by atoms with Crippen molar-refractivity contribution in [2.75, 3.05) is 13.2 Å². The van der Waals surface area contributed by atoms with E-state index in [1.165, 1.54) is 0 Å². The number of halogens is 1. The number of nitrogens with two attached hydrogens (primary N) is 1. The third-order valence-corrected chi connectivity index (χ3v) is 5.10. The Bertz CT molecular complexity index is 530. The van der Waals surface area contributed by atoms with Gasteiger partial charge in [-0.25, -0.2) is 0 Å². The first-order valence-electron chi connectivity index (χ1n) is 7.74. The molecule has 1 saturated carbocycles. The lowest BCUT2D eigenvalue weighted by Gasteiger charge is -2.57. The van der Waals surface area contributed by atoms with Crippen molar-refractivity contribution in [3.05, 3.63) is 34.9 Å². The summed E-state index contributed by atoms with van der Waals surface area (Å²) in [4.78, 5) is 12.4. The maximum atomic E-state index is 12.4. The summed E-state index contributed by atoms with van der Waals surface area (Å²) >= 11 is 5.85. The van der Waals surface area contributed by atoms with Gasteiger partial charge in [0.15, 0.2) is 0 Å². The first kappa shape index (κ1) is 17.3. The first-order chi connectivity index (χ1) is 10.3. The quantitative estimate of drug-likeness (QED) is 0.845. The van der Waals surface area contributed by atoms with Gasteiger partial charge in [-0.15, -0.1) is 0 Å². The molecular weight excluding hydrogens is 300 g/mol. The molecule has 0 radical (unpaired) electrons. The van der Waals surface area contributed by atoms with E-state index < -0.39 is 5.54 Å². The fraction of sp³-hybridized carbons (Fsp3) is 0.588. The van der Waals surface area contributed by atoms with E-state index in [9.17, 15) is 4.79 Å². The van der Waals surface area contributed by atoms with Crippen molar-refractivity contribution in [3.8, 4) is 0 Å². The standard InChI is InChI=1S/C17H25ClN2O2/c1-4-22-14-11-17(19,16(14,2)3)15(21)20-10-9-12-5-7-13(18)8-6-12/h5-8,14H,4,9-11,19H2,1-3H3,(H,20,21). The average Bonchev–Trinajstić information content (AvgIpc) is 2.48. The number of nitrogens with one attached hydrogen (secondary N) is 1. The maximum Gasteiger partial charge on any atom is 0.240 e. The highest BCUT2D eigenvalue weighted by Crippen LogP contribution is 2.49. The van der Waals surface area contributed by atoms with E-state index in [1.54, 1.807) is 0 Å². The van der Waals surface area contributed by atoms with Gasteiger partial charge in [0.25, 0.3) is 0 Å². The van der Waals surface area contributed by atoms with E-state index in [-0.39, 0.29) is 17.4 Å². The summed E-state index contributed by atoms with van der Waals surface area (Å²) in [5.41, 5.74) is 6.26. The molecule has 1 fully saturated rings. The number of ether oxygens (including phenoxy) is 1. The normalized spacial score (nSPS) is 26.3. The molecule has 0 saturated heterocycles. The fourth-order valence-electron chi connectivity index (χ4n) is 2.95. The Morgan fingerprint density at radius 2 is 2.05 bits per heavy atom. The van der Waals surface area contributed by atoms with Crippen molar-refractivity contribution >= 4 is 17.5 Å². The van der Waals surface area contributed by atoms with Crippen LogP contribution in [0.4, 0.5) is 0 Å². The van der Waals surface area contributed by atoms with Gasteiger partial charge in [0.05, 0.1) is 6.10 Å². The molecule has 2 atom stereocenters. The monoisotopic (exact) mass is 324 g/mol. The Morgan fingerprint density at radius 1 is 1.41 bits per heavy atom.